The Hall–Kier alpha value is -2.78. The molecule has 0 radical (unpaired) electrons. The zero-order valence-corrected chi connectivity index (χ0v) is 15.7. The Bertz CT molecular complexity index is 1140. The second kappa shape index (κ2) is 6.50. The summed E-state index contributed by atoms with van der Waals surface area (Å²) in [6.07, 6.45) is 2.15. The lowest BCUT2D eigenvalue weighted by Crippen LogP contribution is -2.21. The van der Waals surface area contributed by atoms with Gasteiger partial charge in [-0.3, -0.25) is 14.2 Å². The Kier molecular flexibility index (Phi) is 4.51. The smallest absolute Gasteiger partial charge is 0.265 e. The van der Waals surface area contributed by atoms with E-state index in [4.69, 9.17) is 0 Å². The first kappa shape index (κ1) is 18.0. The van der Waals surface area contributed by atoms with Crippen molar-refractivity contribution in [3.63, 3.8) is 0 Å². The quantitative estimate of drug-likeness (QED) is 0.594. The van der Waals surface area contributed by atoms with E-state index in [0.29, 0.717) is 33.0 Å². The van der Waals surface area contributed by atoms with Crippen molar-refractivity contribution in [1.29, 1.82) is 5.26 Å². The highest BCUT2D eigenvalue weighted by Gasteiger charge is 2.23. The fraction of sp³-hybridized carbons (Fsp3) is 0.150. The lowest BCUT2D eigenvalue weighted by molar-refractivity contribution is 0.112. The van der Waals surface area contributed by atoms with E-state index < -0.39 is 16.8 Å². The Balaban J connectivity index is 2.33. The Morgan fingerprint density at radius 2 is 2.00 bits per heavy atom. The molecule has 0 amide bonds. The van der Waals surface area contributed by atoms with E-state index in [1.165, 1.54) is 16.8 Å². The predicted molar refractivity (Wildman–Crippen MR) is 101 cm³/mol. The summed E-state index contributed by atoms with van der Waals surface area (Å²) in [5.74, 6) is -0.692. The minimum Gasteiger partial charge on any atom is -0.298 e. The largest absolute Gasteiger partial charge is 0.298 e. The van der Waals surface area contributed by atoms with Gasteiger partial charge in [0.05, 0.1) is 28.1 Å². The molecule has 0 bridgehead atoms. The van der Waals surface area contributed by atoms with E-state index in [9.17, 15) is 19.2 Å². The molecule has 4 nitrogen and oxygen atoms in total. The second-order valence-electron chi connectivity index (χ2n) is 6.44. The first-order valence-corrected chi connectivity index (χ1v) is 8.60. The van der Waals surface area contributed by atoms with E-state index in [0.717, 1.165) is 0 Å². The third-order valence-electron chi connectivity index (χ3n) is 4.37. The summed E-state index contributed by atoms with van der Waals surface area (Å²) in [6.45, 7) is 3.37. The van der Waals surface area contributed by atoms with E-state index in [1.807, 2.05) is 0 Å². The van der Waals surface area contributed by atoms with Crippen LogP contribution in [0.2, 0.25) is 0 Å². The van der Waals surface area contributed by atoms with Crippen LogP contribution in [-0.4, -0.2) is 10.9 Å². The lowest BCUT2D eigenvalue weighted by atomic mass is 9.85. The topological polar surface area (TPSA) is 62.9 Å². The van der Waals surface area contributed by atoms with Crippen LogP contribution in [0.25, 0.3) is 16.5 Å². The number of nitrogens with zero attached hydrogens (tertiary/aromatic N) is 2. The maximum Gasteiger partial charge on any atom is 0.265 e. The average Bonchev–Trinajstić information content (AvgIpc) is 2.61. The normalized spacial score (nSPS) is 11.3. The van der Waals surface area contributed by atoms with Gasteiger partial charge >= 0.3 is 0 Å². The number of hydrogen-bond donors (Lipinski definition) is 0. The highest BCUT2D eigenvalue weighted by molar-refractivity contribution is 9.10. The van der Waals surface area contributed by atoms with Gasteiger partial charge in [0.2, 0.25) is 0 Å². The number of fused-ring (bicyclic) bond motifs is 1. The van der Waals surface area contributed by atoms with E-state index in [2.05, 4.69) is 22.0 Å². The van der Waals surface area contributed by atoms with Crippen LogP contribution in [0, 0.1) is 17.1 Å². The zero-order chi connectivity index (χ0) is 19.1. The molecular weight excluding hydrogens is 399 g/mol. The highest BCUT2D eigenvalue weighted by Crippen LogP contribution is 2.28. The van der Waals surface area contributed by atoms with Crippen molar-refractivity contribution in [2.45, 2.75) is 19.3 Å². The number of carbonyl (C=O) groups is 1. The fourth-order valence-corrected chi connectivity index (χ4v) is 3.24. The highest BCUT2D eigenvalue weighted by atomic mass is 79.9. The molecule has 3 aromatic rings. The standard InChI is InChI=1S/C20H14BrFN2O2/c1-20(2,11-23)13-8-12-6-7-24(19(26)18(12)16(22)9-13)17-5-3-4-15(21)14(17)10-25/h3-10H,1-2H3. The van der Waals surface area contributed by atoms with Crippen LogP contribution < -0.4 is 5.56 Å². The summed E-state index contributed by atoms with van der Waals surface area (Å²) in [5, 5.41) is 9.59. The van der Waals surface area contributed by atoms with Gasteiger partial charge < -0.3 is 0 Å². The van der Waals surface area contributed by atoms with Crippen molar-refractivity contribution >= 4 is 33.0 Å². The molecule has 26 heavy (non-hydrogen) atoms. The van der Waals surface area contributed by atoms with Crippen molar-refractivity contribution in [3.8, 4) is 11.8 Å². The summed E-state index contributed by atoms with van der Waals surface area (Å²) >= 11 is 3.28. The predicted octanol–water partition coefficient (Wildman–Crippen LogP) is 4.51. The van der Waals surface area contributed by atoms with E-state index >= 15 is 0 Å². The van der Waals surface area contributed by atoms with Crippen LogP contribution in [0.3, 0.4) is 0 Å². The van der Waals surface area contributed by atoms with Crippen molar-refractivity contribution in [3.05, 3.63) is 74.4 Å². The number of hydrogen-bond acceptors (Lipinski definition) is 3. The number of pyridine rings is 1. The van der Waals surface area contributed by atoms with Gasteiger partial charge in [-0.15, -0.1) is 0 Å². The number of aromatic nitrogens is 1. The van der Waals surface area contributed by atoms with Crippen LogP contribution in [-0.2, 0) is 5.41 Å². The van der Waals surface area contributed by atoms with Crippen LogP contribution in [0.1, 0.15) is 29.8 Å². The van der Waals surface area contributed by atoms with Crippen LogP contribution in [0.4, 0.5) is 4.39 Å². The summed E-state index contributed by atoms with van der Waals surface area (Å²) in [6, 6.07) is 11.6. The molecule has 0 spiro atoms. The van der Waals surface area contributed by atoms with Gasteiger partial charge in [-0.05, 0) is 71.1 Å². The number of halogens is 2. The molecular formula is C20H14BrFN2O2. The van der Waals surface area contributed by atoms with Crippen LogP contribution in [0.5, 0.6) is 0 Å². The first-order valence-electron chi connectivity index (χ1n) is 7.81. The third kappa shape index (κ3) is 2.85. The molecule has 0 atom stereocenters. The molecule has 3 rings (SSSR count). The molecule has 1 heterocycles. The van der Waals surface area contributed by atoms with Gasteiger partial charge in [0.15, 0.2) is 6.29 Å². The minimum atomic E-state index is -0.876. The summed E-state index contributed by atoms with van der Waals surface area (Å²) < 4.78 is 16.5. The van der Waals surface area contributed by atoms with E-state index in [1.54, 1.807) is 44.2 Å². The summed E-state index contributed by atoms with van der Waals surface area (Å²) in [7, 11) is 0. The van der Waals surface area contributed by atoms with Gasteiger partial charge in [0.1, 0.15) is 5.82 Å². The van der Waals surface area contributed by atoms with Crippen molar-refractivity contribution < 1.29 is 9.18 Å². The molecule has 0 aliphatic heterocycles. The molecule has 1 aromatic heterocycles. The first-order chi connectivity index (χ1) is 12.3. The van der Waals surface area contributed by atoms with Gasteiger partial charge in [-0.1, -0.05) is 6.07 Å². The molecule has 0 saturated heterocycles. The van der Waals surface area contributed by atoms with Crippen molar-refractivity contribution in [2.24, 2.45) is 0 Å². The molecule has 0 N–H and O–H groups in total. The minimum absolute atomic E-state index is 0.0817. The summed E-state index contributed by atoms with van der Waals surface area (Å²) in [5.41, 5.74) is -0.279. The van der Waals surface area contributed by atoms with Crippen molar-refractivity contribution in [1.82, 2.24) is 4.57 Å². The number of aldehydes is 1. The molecule has 6 heteroatoms. The van der Waals surface area contributed by atoms with Gasteiger partial charge in [-0.25, -0.2) is 4.39 Å². The van der Waals surface area contributed by atoms with Gasteiger partial charge in [0.25, 0.3) is 5.56 Å². The Morgan fingerprint density at radius 3 is 2.65 bits per heavy atom. The van der Waals surface area contributed by atoms with Crippen molar-refractivity contribution in [2.75, 3.05) is 0 Å². The molecule has 0 fully saturated rings. The molecule has 130 valence electrons. The number of nitriles is 1. The lowest BCUT2D eigenvalue weighted by Gasteiger charge is -2.17. The molecule has 0 unspecified atom stereocenters. The SMILES string of the molecule is CC(C)(C#N)c1cc(F)c2c(=O)n(-c3cccc(Br)c3C=O)ccc2c1. The average molecular weight is 413 g/mol. The molecule has 0 saturated carbocycles. The number of rotatable bonds is 3. The maximum atomic E-state index is 14.7. The van der Waals surface area contributed by atoms with Crippen LogP contribution >= 0.6 is 15.9 Å². The van der Waals surface area contributed by atoms with Crippen LogP contribution in [0.15, 0.2) is 51.9 Å². The molecule has 0 aliphatic rings. The molecule has 2 aromatic carbocycles. The maximum absolute atomic E-state index is 14.7. The second-order valence-corrected chi connectivity index (χ2v) is 7.29. The van der Waals surface area contributed by atoms with Gasteiger partial charge in [-0.2, -0.15) is 5.26 Å². The zero-order valence-electron chi connectivity index (χ0n) is 14.1. The Labute approximate surface area is 157 Å². The number of carbonyl (C=O) groups excluding carboxylic acids is 1. The Morgan fingerprint density at radius 1 is 1.27 bits per heavy atom. The van der Waals surface area contributed by atoms with E-state index in [-0.39, 0.29) is 5.39 Å². The van der Waals surface area contributed by atoms with Gasteiger partial charge in [0, 0.05) is 10.7 Å². The number of benzene rings is 2. The molecule has 0 aliphatic carbocycles. The fourth-order valence-electron chi connectivity index (χ4n) is 2.80. The monoisotopic (exact) mass is 412 g/mol. The summed E-state index contributed by atoms with van der Waals surface area (Å²) in [4.78, 5) is 24.3. The third-order valence-corrected chi connectivity index (χ3v) is 5.06.